The molecule has 4 heteroatoms. The lowest BCUT2D eigenvalue weighted by Crippen LogP contribution is -2.28. The number of hydrogen-bond acceptors (Lipinski definition) is 3. The van der Waals surface area contributed by atoms with Gasteiger partial charge < -0.3 is 15.1 Å². The fourth-order valence-electron chi connectivity index (χ4n) is 3.67. The highest BCUT2D eigenvalue weighted by Crippen LogP contribution is 2.39. The normalized spacial score (nSPS) is 19.4. The van der Waals surface area contributed by atoms with E-state index in [2.05, 4.69) is 18.2 Å². The summed E-state index contributed by atoms with van der Waals surface area (Å²) in [5, 5.41) is 19.5. The topological polar surface area (TPSA) is 60.8 Å². The molecule has 0 spiro atoms. The standard InChI is InChI=1S/C18H17NO3/c20-16-8-7-14-15(17(16)21)10-19(18(14)22)9-12-6-5-11-3-1-2-4-13(11)12/h1-4,7-8,12,20-21H,5-6,9-10H2. The molecule has 1 amide bonds. The molecule has 0 bridgehead atoms. The molecule has 0 saturated carbocycles. The first-order valence-corrected chi connectivity index (χ1v) is 7.56. The maximum absolute atomic E-state index is 12.5. The molecule has 1 aliphatic heterocycles. The Bertz CT molecular complexity index is 769. The maximum Gasteiger partial charge on any atom is 0.254 e. The largest absolute Gasteiger partial charge is 0.504 e. The smallest absolute Gasteiger partial charge is 0.254 e. The molecule has 1 heterocycles. The van der Waals surface area contributed by atoms with Crippen molar-refractivity contribution in [1.29, 1.82) is 0 Å². The predicted molar refractivity (Wildman–Crippen MR) is 82.0 cm³/mol. The Morgan fingerprint density at radius 2 is 1.95 bits per heavy atom. The average Bonchev–Trinajstić information content (AvgIpc) is 3.07. The summed E-state index contributed by atoms with van der Waals surface area (Å²) in [5.74, 6) is -0.0420. The second-order valence-electron chi connectivity index (χ2n) is 6.08. The Hall–Kier alpha value is -2.49. The first-order chi connectivity index (χ1) is 10.6. The van der Waals surface area contributed by atoms with Crippen LogP contribution < -0.4 is 0 Å². The van der Waals surface area contributed by atoms with Gasteiger partial charge in [0.25, 0.3) is 5.91 Å². The van der Waals surface area contributed by atoms with Crippen molar-refractivity contribution in [3.8, 4) is 11.5 Å². The van der Waals surface area contributed by atoms with Gasteiger partial charge in [-0.15, -0.1) is 0 Å². The summed E-state index contributed by atoms with van der Waals surface area (Å²) in [5.41, 5.74) is 3.74. The highest BCUT2D eigenvalue weighted by molar-refractivity contribution is 5.99. The van der Waals surface area contributed by atoms with Crippen LogP contribution in [0.15, 0.2) is 36.4 Å². The Balaban J connectivity index is 1.59. The van der Waals surface area contributed by atoms with E-state index < -0.39 is 0 Å². The van der Waals surface area contributed by atoms with Crippen molar-refractivity contribution in [2.24, 2.45) is 0 Å². The van der Waals surface area contributed by atoms with Gasteiger partial charge in [-0.1, -0.05) is 24.3 Å². The maximum atomic E-state index is 12.5. The van der Waals surface area contributed by atoms with Crippen LogP contribution in [0.5, 0.6) is 11.5 Å². The van der Waals surface area contributed by atoms with Crippen LogP contribution in [0.4, 0.5) is 0 Å². The first-order valence-electron chi connectivity index (χ1n) is 7.56. The van der Waals surface area contributed by atoms with Gasteiger partial charge >= 0.3 is 0 Å². The molecule has 4 rings (SSSR count). The molecular formula is C18H17NO3. The van der Waals surface area contributed by atoms with E-state index in [0.29, 0.717) is 30.1 Å². The minimum atomic E-state index is -0.167. The molecule has 2 aromatic rings. The van der Waals surface area contributed by atoms with E-state index in [9.17, 15) is 15.0 Å². The zero-order valence-electron chi connectivity index (χ0n) is 12.1. The molecule has 0 radical (unpaired) electrons. The summed E-state index contributed by atoms with van der Waals surface area (Å²) in [6, 6.07) is 11.4. The molecule has 0 saturated heterocycles. The van der Waals surface area contributed by atoms with Crippen molar-refractivity contribution in [3.63, 3.8) is 0 Å². The van der Waals surface area contributed by atoms with Gasteiger partial charge in [0.1, 0.15) is 0 Å². The molecule has 112 valence electrons. The number of fused-ring (bicyclic) bond motifs is 2. The summed E-state index contributed by atoms with van der Waals surface area (Å²) in [4.78, 5) is 14.3. The van der Waals surface area contributed by atoms with Crippen molar-refractivity contribution in [2.75, 3.05) is 6.54 Å². The minimum absolute atomic E-state index is 0.0605. The SMILES string of the molecule is O=C1c2ccc(O)c(O)c2CN1CC1CCc2ccccc21. The molecule has 22 heavy (non-hydrogen) atoms. The molecule has 1 aliphatic carbocycles. The zero-order chi connectivity index (χ0) is 15.3. The van der Waals surface area contributed by atoms with Gasteiger partial charge in [0.15, 0.2) is 11.5 Å². The quantitative estimate of drug-likeness (QED) is 0.838. The number of aromatic hydroxyl groups is 2. The number of phenols is 2. The third-order valence-corrected chi connectivity index (χ3v) is 4.83. The van der Waals surface area contributed by atoms with Gasteiger partial charge in [-0.05, 0) is 36.1 Å². The third-order valence-electron chi connectivity index (χ3n) is 4.83. The van der Waals surface area contributed by atoms with E-state index in [-0.39, 0.29) is 17.4 Å². The van der Waals surface area contributed by atoms with Crippen LogP contribution in [0.3, 0.4) is 0 Å². The summed E-state index contributed by atoms with van der Waals surface area (Å²) >= 11 is 0. The lowest BCUT2D eigenvalue weighted by molar-refractivity contribution is 0.0768. The van der Waals surface area contributed by atoms with Crippen LogP contribution in [-0.4, -0.2) is 27.6 Å². The molecule has 1 atom stereocenters. The number of amides is 1. The zero-order valence-corrected chi connectivity index (χ0v) is 12.1. The third kappa shape index (κ3) is 1.87. The van der Waals surface area contributed by atoms with Crippen molar-refractivity contribution in [2.45, 2.75) is 25.3 Å². The second kappa shape index (κ2) is 4.77. The number of hydrogen-bond donors (Lipinski definition) is 2. The molecule has 0 fully saturated rings. The number of nitrogens with zero attached hydrogens (tertiary/aromatic N) is 1. The lowest BCUT2D eigenvalue weighted by Gasteiger charge is -2.21. The monoisotopic (exact) mass is 295 g/mol. The first kappa shape index (κ1) is 13.2. The predicted octanol–water partition coefficient (Wildman–Crippen LogP) is 2.78. The van der Waals surface area contributed by atoms with Crippen LogP contribution in [0.1, 0.15) is 39.4 Å². The van der Waals surface area contributed by atoms with Crippen molar-refractivity contribution in [3.05, 3.63) is 58.7 Å². The summed E-state index contributed by atoms with van der Waals surface area (Å²) in [6.45, 7) is 1.03. The van der Waals surface area contributed by atoms with Crippen molar-refractivity contribution in [1.82, 2.24) is 4.90 Å². The van der Waals surface area contributed by atoms with Crippen molar-refractivity contribution >= 4 is 5.91 Å². The Kier molecular flexibility index (Phi) is 2.86. The number of carbonyl (C=O) groups excluding carboxylic acids is 1. The Morgan fingerprint density at radius 3 is 2.82 bits per heavy atom. The van der Waals surface area contributed by atoms with E-state index in [4.69, 9.17) is 0 Å². The van der Waals surface area contributed by atoms with Crippen LogP contribution in [0.25, 0.3) is 0 Å². The van der Waals surface area contributed by atoms with E-state index in [1.54, 1.807) is 11.0 Å². The van der Waals surface area contributed by atoms with E-state index in [0.717, 1.165) is 12.8 Å². The number of benzene rings is 2. The fourth-order valence-corrected chi connectivity index (χ4v) is 3.67. The van der Waals surface area contributed by atoms with Gasteiger partial charge in [-0.3, -0.25) is 4.79 Å². The molecule has 2 N–H and O–H groups in total. The van der Waals surface area contributed by atoms with Crippen LogP contribution in [0.2, 0.25) is 0 Å². The number of aryl methyl sites for hydroxylation is 1. The van der Waals surface area contributed by atoms with Gasteiger partial charge in [0, 0.05) is 23.6 Å². The van der Waals surface area contributed by atoms with Gasteiger partial charge in [-0.2, -0.15) is 0 Å². The van der Waals surface area contributed by atoms with Crippen LogP contribution in [-0.2, 0) is 13.0 Å². The highest BCUT2D eigenvalue weighted by Gasteiger charge is 2.33. The summed E-state index contributed by atoms with van der Waals surface area (Å²) in [7, 11) is 0. The lowest BCUT2D eigenvalue weighted by atomic mass is 10.0. The van der Waals surface area contributed by atoms with Gasteiger partial charge in [-0.25, -0.2) is 0 Å². The molecule has 4 nitrogen and oxygen atoms in total. The van der Waals surface area contributed by atoms with Crippen molar-refractivity contribution < 1.29 is 15.0 Å². The van der Waals surface area contributed by atoms with Crippen LogP contribution >= 0.6 is 0 Å². The molecular weight excluding hydrogens is 278 g/mol. The fraction of sp³-hybridized carbons (Fsp3) is 0.278. The van der Waals surface area contributed by atoms with E-state index in [1.165, 1.54) is 17.2 Å². The number of rotatable bonds is 2. The number of phenolic OH excluding ortho intramolecular Hbond substituents is 2. The van der Waals surface area contributed by atoms with E-state index in [1.807, 2.05) is 6.07 Å². The molecule has 1 unspecified atom stereocenters. The Morgan fingerprint density at radius 1 is 1.14 bits per heavy atom. The molecule has 2 aromatic carbocycles. The van der Waals surface area contributed by atoms with Gasteiger partial charge in [0.2, 0.25) is 0 Å². The summed E-state index contributed by atoms with van der Waals surface area (Å²) in [6.07, 6.45) is 2.11. The minimum Gasteiger partial charge on any atom is -0.504 e. The Labute approximate surface area is 128 Å². The molecule has 2 aliphatic rings. The van der Waals surface area contributed by atoms with E-state index >= 15 is 0 Å². The van der Waals surface area contributed by atoms with Crippen LogP contribution in [0, 0.1) is 0 Å². The van der Waals surface area contributed by atoms with Gasteiger partial charge in [0.05, 0.1) is 6.54 Å². The number of carbonyl (C=O) groups is 1. The average molecular weight is 295 g/mol. The second-order valence-corrected chi connectivity index (χ2v) is 6.08. The highest BCUT2D eigenvalue weighted by atomic mass is 16.3. The molecule has 0 aromatic heterocycles. The summed E-state index contributed by atoms with van der Waals surface area (Å²) < 4.78 is 0.